The fourth-order valence-corrected chi connectivity index (χ4v) is 4.94. The Kier molecular flexibility index (Phi) is 8.06. The minimum atomic E-state index is -3.91. The van der Waals surface area contributed by atoms with Crippen LogP contribution >= 0.6 is 0 Å². The van der Waals surface area contributed by atoms with Gasteiger partial charge in [0.15, 0.2) is 0 Å². The van der Waals surface area contributed by atoms with Crippen molar-refractivity contribution in [2.75, 3.05) is 20.1 Å². The Morgan fingerprint density at radius 3 is 2.35 bits per heavy atom. The van der Waals surface area contributed by atoms with Crippen molar-refractivity contribution in [3.05, 3.63) is 77.9 Å². The van der Waals surface area contributed by atoms with Crippen LogP contribution < -0.4 is 5.32 Å². The molecule has 3 rings (SSSR count). The maximum Gasteiger partial charge on any atom is 0.243 e. The van der Waals surface area contributed by atoms with E-state index in [0.717, 1.165) is 26.2 Å². The van der Waals surface area contributed by atoms with Crippen molar-refractivity contribution >= 4 is 32.6 Å². The van der Waals surface area contributed by atoms with E-state index in [2.05, 4.69) is 5.32 Å². The van der Waals surface area contributed by atoms with Gasteiger partial charge in [-0.2, -0.15) is 4.31 Å². The van der Waals surface area contributed by atoms with Crippen molar-refractivity contribution in [2.24, 2.45) is 0 Å². The number of fused-ring (bicyclic) bond motifs is 1. The second kappa shape index (κ2) is 10.8. The van der Waals surface area contributed by atoms with E-state index in [-0.39, 0.29) is 23.9 Å². The van der Waals surface area contributed by atoms with Gasteiger partial charge in [0.2, 0.25) is 21.8 Å². The Morgan fingerprint density at radius 2 is 1.68 bits per heavy atom. The molecule has 1 unspecified atom stereocenters. The third-order valence-electron chi connectivity index (χ3n) is 5.74. The third kappa shape index (κ3) is 5.81. The minimum absolute atomic E-state index is 0.114. The summed E-state index contributed by atoms with van der Waals surface area (Å²) in [6.07, 6.45) is 0. The van der Waals surface area contributed by atoms with Gasteiger partial charge < -0.3 is 10.2 Å². The van der Waals surface area contributed by atoms with Crippen LogP contribution in [0, 0.1) is 6.92 Å². The maximum atomic E-state index is 13.3. The average Bonchev–Trinajstić information content (AvgIpc) is 2.81. The van der Waals surface area contributed by atoms with Gasteiger partial charge in [0, 0.05) is 20.1 Å². The van der Waals surface area contributed by atoms with Crippen LogP contribution in [-0.4, -0.2) is 55.6 Å². The lowest BCUT2D eigenvalue weighted by molar-refractivity contribution is -0.140. The summed E-state index contributed by atoms with van der Waals surface area (Å²) in [5, 5.41) is 4.47. The second-order valence-corrected chi connectivity index (χ2v) is 10.4. The molecule has 3 aromatic rings. The van der Waals surface area contributed by atoms with E-state index in [1.54, 1.807) is 32.0 Å². The van der Waals surface area contributed by atoms with Crippen LogP contribution in [0.2, 0.25) is 0 Å². The summed E-state index contributed by atoms with van der Waals surface area (Å²) < 4.78 is 27.5. The third-order valence-corrected chi connectivity index (χ3v) is 7.54. The average molecular weight is 482 g/mol. The summed E-state index contributed by atoms with van der Waals surface area (Å²) in [5.41, 5.74) is 1.90. The number of hydrogen-bond donors (Lipinski definition) is 1. The van der Waals surface area contributed by atoms with Crippen molar-refractivity contribution in [1.29, 1.82) is 0 Å². The van der Waals surface area contributed by atoms with Crippen molar-refractivity contribution in [3.63, 3.8) is 0 Å². The van der Waals surface area contributed by atoms with Gasteiger partial charge in [0.25, 0.3) is 0 Å². The molecule has 3 aromatic carbocycles. The van der Waals surface area contributed by atoms with E-state index < -0.39 is 22.0 Å². The highest BCUT2D eigenvalue weighted by molar-refractivity contribution is 7.89. The molecule has 0 aliphatic rings. The molecule has 0 bridgehead atoms. The predicted molar refractivity (Wildman–Crippen MR) is 134 cm³/mol. The highest BCUT2D eigenvalue weighted by Gasteiger charge is 2.30. The number of nitrogens with zero attached hydrogens (tertiary/aromatic N) is 2. The number of aryl methyl sites for hydroxylation is 1. The Bertz CT molecular complexity index is 1290. The van der Waals surface area contributed by atoms with Crippen molar-refractivity contribution in [1.82, 2.24) is 14.5 Å². The highest BCUT2D eigenvalue weighted by Crippen LogP contribution is 2.22. The molecule has 0 radical (unpaired) electrons. The van der Waals surface area contributed by atoms with Crippen LogP contribution in [0.25, 0.3) is 10.8 Å². The number of likely N-dealkylation sites (N-methyl/N-ethyl adjacent to an activating group) is 2. The van der Waals surface area contributed by atoms with Crippen LogP contribution in [0.15, 0.2) is 71.6 Å². The van der Waals surface area contributed by atoms with E-state index in [4.69, 9.17) is 0 Å². The van der Waals surface area contributed by atoms with E-state index >= 15 is 0 Å². The standard InChI is InChI=1S/C26H31N3O4S/c1-5-27-26(31)20(3)29(17-21-10-8-9-19(2)15-21)25(30)18-28(4)34(32,33)24-14-13-22-11-6-7-12-23(22)16-24/h6-16,20H,5,17-18H2,1-4H3,(H,27,31). The first-order valence-electron chi connectivity index (χ1n) is 11.2. The van der Waals surface area contributed by atoms with Crippen LogP contribution in [0.5, 0.6) is 0 Å². The summed E-state index contributed by atoms with van der Waals surface area (Å²) in [7, 11) is -2.53. The summed E-state index contributed by atoms with van der Waals surface area (Å²) >= 11 is 0. The lowest BCUT2D eigenvalue weighted by Gasteiger charge is -2.30. The second-order valence-electron chi connectivity index (χ2n) is 8.35. The monoisotopic (exact) mass is 481 g/mol. The van der Waals surface area contributed by atoms with Crippen molar-refractivity contribution in [3.8, 4) is 0 Å². The van der Waals surface area contributed by atoms with Crippen molar-refractivity contribution in [2.45, 2.75) is 38.3 Å². The lowest BCUT2D eigenvalue weighted by atomic mass is 10.1. The first-order chi connectivity index (χ1) is 16.1. The summed E-state index contributed by atoms with van der Waals surface area (Å²) in [4.78, 5) is 27.4. The zero-order valence-corrected chi connectivity index (χ0v) is 20.8. The number of carbonyl (C=O) groups excluding carboxylic acids is 2. The SMILES string of the molecule is CCNC(=O)C(C)N(Cc1cccc(C)c1)C(=O)CN(C)S(=O)(=O)c1ccc2ccccc2c1. The molecule has 0 heterocycles. The van der Waals surface area contributed by atoms with E-state index in [0.29, 0.717) is 6.54 Å². The van der Waals surface area contributed by atoms with Crippen LogP contribution in [0.4, 0.5) is 0 Å². The molecule has 2 amide bonds. The molecule has 8 heteroatoms. The van der Waals surface area contributed by atoms with Gasteiger partial charge in [-0.25, -0.2) is 8.42 Å². The number of carbonyl (C=O) groups is 2. The van der Waals surface area contributed by atoms with E-state index in [1.807, 2.05) is 55.5 Å². The topological polar surface area (TPSA) is 86.8 Å². The van der Waals surface area contributed by atoms with Gasteiger partial charge in [0.1, 0.15) is 6.04 Å². The number of benzene rings is 3. The van der Waals surface area contributed by atoms with Crippen LogP contribution in [0.1, 0.15) is 25.0 Å². The number of hydrogen-bond acceptors (Lipinski definition) is 4. The quantitative estimate of drug-likeness (QED) is 0.508. The first-order valence-corrected chi connectivity index (χ1v) is 12.7. The molecule has 0 aromatic heterocycles. The normalized spacial score (nSPS) is 12.5. The van der Waals surface area contributed by atoms with Gasteiger partial charge in [-0.3, -0.25) is 9.59 Å². The fourth-order valence-electron chi connectivity index (χ4n) is 3.79. The maximum absolute atomic E-state index is 13.3. The van der Waals surface area contributed by atoms with Crippen LogP contribution in [0.3, 0.4) is 0 Å². The molecule has 34 heavy (non-hydrogen) atoms. The molecule has 0 spiro atoms. The van der Waals surface area contributed by atoms with E-state index in [9.17, 15) is 18.0 Å². The Labute approximate surface area is 201 Å². The predicted octanol–water partition coefficient (Wildman–Crippen LogP) is 3.32. The smallest absolute Gasteiger partial charge is 0.243 e. The summed E-state index contributed by atoms with van der Waals surface area (Å²) in [5.74, 6) is -0.740. The minimum Gasteiger partial charge on any atom is -0.355 e. The van der Waals surface area contributed by atoms with E-state index in [1.165, 1.54) is 11.9 Å². The summed E-state index contributed by atoms with van der Waals surface area (Å²) in [6, 6.07) is 19.3. The van der Waals surface area contributed by atoms with Gasteiger partial charge in [-0.05, 0) is 49.2 Å². The van der Waals surface area contributed by atoms with Crippen molar-refractivity contribution < 1.29 is 18.0 Å². The first kappa shape index (κ1) is 25.4. The summed E-state index contributed by atoms with van der Waals surface area (Å²) in [6.45, 7) is 5.66. The van der Waals surface area contributed by atoms with Gasteiger partial charge in [-0.1, -0.05) is 60.2 Å². The molecule has 0 saturated carbocycles. The van der Waals surface area contributed by atoms with Gasteiger partial charge in [0.05, 0.1) is 11.4 Å². The Balaban J connectivity index is 1.85. The molecular formula is C26H31N3O4S. The number of amides is 2. The molecule has 1 atom stereocenters. The largest absolute Gasteiger partial charge is 0.355 e. The number of rotatable bonds is 9. The zero-order valence-electron chi connectivity index (χ0n) is 20.0. The zero-order chi connectivity index (χ0) is 24.9. The highest BCUT2D eigenvalue weighted by atomic mass is 32.2. The molecule has 180 valence electrons. The number of sulfonamides is 1. The van der Waals surface area contributed by atoms with Gasteiger partial charge >= 0.3 is 0 Å². The molecule has 7 nitrogen and oxygen atoms in total. The Hall–Kier alpha value is -3.23. The fraction of sp³-hybridized carbons (Fsp3) is 0.308. The van der Waals surface area contributed by atoms with Gasteiger partial charge in [-0.15, -0.1) is 0 Å². The molecule has 1 N–H and O–H groups in total. The lowest BCUT2D eigenvalue weighted by Crippen LogP contribution is -2.50. The molecule has 0 saturated heterocycles. The Morgan fingerprint density at radius 1 is 0.971 bits per heavy atom. The molecule has 0 aliphatic carbocycles. The molecule has 0 fully saturated rings. The molecule has 0 aliphatic heterocycles. The molecular weight excluding hydrogens is 450 g/mol. The van der Waals surface area contributed by atoms with Crippen LogP contribution in [-0.2, 0) is 26.2 Å². The number of nitrogens with one attached hydrogen (secondary N) is 1.